The minimum Gasteiger partial charge on any atom is -0.481 e. The second kappa shape index (κ2) is 3.10. The van der Waals surface area contributed by atoms with Crippen LogP contribution in [0.1, 0.15) is 11.1 Å². The Bertz CT molecular complexity index is 348. The van der Waals surface area contributed by atoms with Gasteiger partial charge in [-0.05, 0) is 24.0 Å². The first kappa shape index (κ1) is 9.21. The lowest BCUT2D eigenvalue weighted by Crippen LogP contribution is -2.39. The van der Waals surface area contributed by atoms with Gasteiger partial charge in [-0.15, -0.1) is 0 Å². The maximum Gasteiger partial charge on any atom is 0.311 e. The Morgan fingerprint density at radius 2 is 1.86 bits per heavy atom. The highest BCUT2D eigenvalue weighted by molar-refractivity contribution is 5.77. The van der Waals surface area contributed by atoms with Crippen molar-refractivity contribution in [2.75, 3.05) is 6.54 Å². The molecule has 0 heterocycles. The summed E-state index contributed by atoms with van der Waals surface area (Å²) in [6, 6.07) is 7.84. The molecular formula is C11H13NO2. The van der Waals surface area contributed by atoms with Gasteiger partial charge in [-0.25, -0.2) is 0 Å². The van der Waals surface area contributed by atoms with Crippen molar-refractivity contribution in [1.82, 2.24) is 0 Å². The SMILES string of the molecule is NCC1(C(=O)O)Cc2ccccc2C1. The van der Waals surface area contributed by atoms with E-state index >= 15 is 0 Å². The van der Waals surface area contributed by atoms with Gasteiger partial charge >= 0.3 is 5.97 Å². The monoisotopic (exact) mass is 191 g/mol. The number of carbonyl (C=O) groups is 1. The van der Waals surface area contributed by atoms with Gasteiger partial charge < -0.3 is 10.8 Å². The topological polar surface area (TPSA) is 63.3 Å². The summed E-state index contributed by atoms with van der Waals surface area (Å²) in [6.45, 7) is 0.205. The predicted octanol–water partition coefficient (Wildman–Crippen LogP) is 0.815. The average molecular weight is 191 g/mol. The van der Waals surface area contributed by atoms with E-state index in [1.807, 2.05) is 24.3 Å². The molecule has 0 radical (unpaired) electrons. The second-order valence-electron chi connectivity index (χ2n) is 3.91. The summed E-state index contributed by atoms with van der Waals surface area (Å²) in [4.78, 5) is 11.1. The van der Waals surface area contributed by atoms with Crippen molar-refractivity contribution in [3.05, 3.63) is 35.4 Å². The highest BCUT2D eigenvalue weighted by atomic mass is 16.4. The van der Waals surface area contributed by atoms with Crippen molar-refractivity contribution >= 4 is 5.97 Å². The van der Waals surface area contributed by atoms with Crippen LogP contribution in [0.4, 0.5) is 0 Å². The molecule has 3 N–H and O–H groups in total. The van der Waals surface area contributed by atoms with Crippen LogP contribution in [-0.4, -0.2) is 17.6 Å². The van der Waals surface area contributed by atoms with Crippen molar-refractivity contribution < 1.29 is 9.90 Å². The standard InChI is InChI=1S/C11H13NO2/c12-7-11(10(13)14)5-8-3-1-2-4-9(8)6-11/h1-4H,5-7,12H2,(H,13,14). The molecule has 1 aromatic carbocycles. The first-order valence-electron chi connectivity index (χ1n) is 4.68. The molecule has 0 saturated heterocycles. The first-order chi connectivity index (χ1) is 6.68. The van der Waals surface area contributed by atoms with Gasteiger partial charge in [-0.2, -0.15) is 0 Å². The van der Waals surface area contributed by atoms with E-state index in [2.05, 4.69) is 0 Å². The molecule has 14 heavy (non-hydrogen) atoms. The molecule has 0 unspecified atom stereocenters. The van der Waals surface area contributed by atoms with Crippen LogP contribution in [0.3, 0.4) is 0 Å². The summed E-state index contributed by atoms with van der Waals surface area (Å²) < 4.78 is 0. The number of aliphatic carboxylic acids is 1. The Labute approximate surface area is 82.5 Å². The number of hydrogen-bond donors (Lipinski definition) is 2. The lowest BCUT2D eigenvalue weighted by molar-refractivity contribution is -0.147. The van der Waals surface area contributed by atoms with Gasteiger partial charge in [-0.1, -0.05) is 24.3 Å². The third-order valence-electron chi connectivity index (χ3n) is 3.02. The molecule has 0 aliphatic heterocycles. The molecule has 74 valence electrons. The molecule has 0 saturated carbocycles. The fourth-order valence-electron chi connectivity index (χ4n) is 2.08. The third-order valence-corrected chi connectivity index (χ3v) is 3.02. The summed E-state index contributed by atoms with van der Waals surface area (Å²) in [7, 11) is 0. The van der Waals surface area contributed by atoms with Gasteiger partial charge in [0.1, 0.15) is 0 Å². The van der Waals surface area contributed by atoms with E-state index in [4.69, 9.17) is 10.8 Å². The predicted molar refractivity (Wildman–Crippen MR) is 53.0 cm³/mol. The van der Waals surface area contributed by atoms with Crippen LogP contribution in [0.15, 0.2) is 24.3 Å². The summed E-state index contributed by atoms with van der Waals surface area (Å²) >= 11 is 0. The van der Waals surface area contributed by atoms with Crippen molar-refractivity contribution in [2.24, 2.45) is 11.1 Å². The molecule has 1 aliphatic carbocycles. The molecule has 0 fully saturated rings. The van der Waals surface area contributed by atoms with Gasteiger partial charge in [0.2, 0.25) is 0 Å². The second-order valence-corrected chi connectivity index (χ2v) is 3.91. The molecule has 0 spiro atoms. The van der Waals surface area contributed by atoms with Crippen LogP contribution >= 0.6 is 0 Å². The number of carboxylic acids is 1. The minimum atomic E-state index is -0.781. The van der Waals surface area contributed by atoms with Crippen LogP contribution in [0.2, 0.25) is 0 Å². The zero-order valence-electron chi connectivity index (χ0n) is 7.86. The Hall–Kier alpha value is -1.35. The molecule has 2 rings (SSSR count). The lowest BCUT2D eigenvalue weighted by Gasteiger charge is -2.20. The van der Waals surface area contributed by atoms with Crippen molar-refractivity contribution in [3.63, 3.8) is 0 Å². The number of carboxylic acid groups (broad SMARTS) is 1. The zero-order chi connectivity index (χ0) is 10.2. The highest BCUT2D eigenvalue weighted by Crippen LogP contribution is 2.36. The summed E-state index contributed by atoms with van der Waals surface area (Å²) in [5, 5.41) is 9.16. The Kier molecular flexibility index (Phi) is 2.04. The van der Waals surface area contributed by atoms with Gasteiger partial charge in [0.05, 0.1) is 5.41 Å². The van der Waals surface area contributed by atoms with Gasteiger partial charge in [0.15, 0.2) is 0 Å². The third kappa shape index (κ3) is 1.21. The van der Waals surface area contributed by atoms with Crippen LogP contribution < -0.4 is 5.73 Å². The number of nitrogens with two attached hydrogens (primary N) is 1. The molecule has 0 aromatic heterocycles. The number of fused-ring (bicyclic) bond motifs is 1. The van der Waals surface area contributed by atoms with Crippen molar-refractivity contribution in [2.45, 2.75) is 12.8 Å². The fraction of sp³-hybridized carbons (Fsp3) is 0.364. The van der Waals surface area contributed by atoms with Gasteiger partial charge in [0.25, 0.3) is 0 Å². The first-order valence-corrected chi connectivity index (χ1v) is 4.68. The van der Waals surface area contributed by atoms with Crippen LogP contribution in [-0.2, 0) is 17.6 Å². The van der Waals surface area contributed by atoms with Gasteiger partial charge in [-0.3, -0.25) is 4.79 Å². The molecule has 3 heteroatoms. The van der Waals surface area contributed by atoms with Crippen molar-refractivity contribution in [3.8, 4) is 0 Å². The van der Waals surface area contributed by atoms with E-state index in [1.165, 1.54) is 0 Å². The highest BCUT2D eigenvalue weighted by Gasteiger charge is 2.42. The molecule has 0 amide bonds. The van der Waals surface area contributed by atoms with E-state index < -0.39 is 11.4 Å². The fourth-order valence-corrected chi connectivity index (χ4v) is 2.08. The number of hydrogen-bond acceptors (Lipinski definition) is 2. The Balaban J connectivity index is 2.37. The summed E-state index contributed by atoms with van der Waals surface area (Å²) in [6.07, 6.45) is 1.13. The Morgan fingerprint density at radius 1 is 1.36 bits per heavy atom. The van der Waals surface area contributed by atoms with Crippen molar-refractivity contribution in [1.29, 1.82) is 0 Å². The Morgan fingerprint density at radius 3 is 2.21 bits per heavy atom. The molecule has 0 atom stereocenters. The van der Waals surface area contributed by atoms with Crippen LogP contribution in [0, 0.1) is 5.41 Å². The van der Waals surface area contributed by atoms with E-state index in [0.717, 1.165) is 11.1 Å². The maximum atomic E-state index is 11.1. The van der Waals surface area contributed by atoms with Crippen LogP contribution in [0.5, 0.6) is 0 Å². The normalized spacial score (nSPS) is 17.8. The molecule has 0 bridgehead atoms. The van der Waals surface area contributed by atoms with E-state index in [9.17, 15) is 4.79 Å². The summed E-state index contributed by atoms with van der Waals surface area (Å²) in [5.74, 6) is -0.781. The number of benzene rings is 1. The molecular weight excluding hydrogens is 178 g/mol. The quantitative estimate of drug-likeness (QED) is 0.727. The maximum absolute atomic E-state index is 11.1. The molecule has 3 nitrogen and oxygen atoms in total. The average Bonchev–Trinajstić information content (AvgIpc) is 2.57. The van der Waals surface area contributed by atoms with Gasteiger partial charge in [0, 0.05) is 6.54 Å². The lowest BCUT2D eigenvalue weighted by atomic mass is 9.85. The zero-order valence-corrected chi connectivity index (χ0v) is 7.86. The molecule has 1 aliphatic rings. The summed E-state index contributed by atoms with van der Waals surface area (Å²) in [5.41, 5.74) is 7.06. The van der Waals surface area contributed by atoms with Crippen LogP contribution in [0.25, 0.3) is 0 Å². The van der Waals surface area contributed by atoms with E-state index in [1.54, 1.807) is 0 Å². The largest absolute Gasteiger partial charge is 0.481 e. The van der Waals surface area contributed by atoms with E-state index in [-0.39, 0.29) is 6.54 Å². The number of rotatable bonds is 2. The minimum absolute atomic E-state index is 0.205. The molecule has 1 aromatic rings. The smallest absolute Gasteiger partial charge is 0.311 e. The van der Waals surface area contributed by atoms with E-state index in [0.29, 0.717) is 12.8 Å².